The molecular formula is C23H32N4O4. The summed E-state index contributed by atoms with van der Waals surface area (Å²) in [6.07, 6.45) is 12.1. The third-order valence-corrected chi connectivity index (χ3v) is 7.94. The Hall–Kier alpha value is -2.38. The lowest BCUT2D eigenvalue weighted by Crippen LogP contribution is -2.52. The van der Waals surface area contributed by atoms with Crippen molar-refractivity contribution in [2.45, 2.75) is 63.5 Å². The van der Waals surface area contributed by atoms with Gasteiger partial charge in [-0.25, -0.2) is 4.79 Å². The third-order valence-electron chi connectivity index (χ3n) is 7.94. The maximum atomic E-state index is 12.7. The van der Waals surface area contributed by atoms with Crippen LogP contribution in [0.2, 0.25) is 0 Å². The summed E-state index contributed by atoms with van der Waals surface area (Å²) in [7, 11) is 0. The Morgan fingerprint density at radius 3 is 2.03 bits per heavy atom. The lowest BCUT2D eigenvalue weighted by molar-refractivity contribution is -0.144. The minimum Gasteiger partial charge on any atom is -0.352 e. The molecule has 0 radical (unpaired) electrons. The topological polar surface area (TPSA) is 98.8 Å². The van der Waals surface area contributed by atoms with E-state index in [2.05, 4.69) is 22.8 Å². The van der Waals surface area contributed by atoms with Gasteiger partial charge in [0.25, 0.3) is 0 Å². The van der Waals surface area contributed by atoms with Crippen molar-refractivity contribution in [2.24, 2.45) is 23.7 Å². The van der Waals surface area contributed by atoms with Crippen LogP contribution < -0.4 is 10.6 Å². The van der Waals surface area contributed by atoms with E-state index in [-0.39, 0.29) is 60.0 Å². The van der Waals surface area contributed by atoms with Crippen LogP contribution in [0.25, 0.3) is 0 Å². The summed E-state index contributed by atoms with van der Waals surface area (Å²) in [5, 5.41) is 6.12. The first kappa shape index (κ1) is 20.5. The number of nitrogens with zero attached hydrogens (tertiary/aromatic N) is 2. The Kier molecular flexibility index (Phi) is 5.48. The number of likely N-dealkylation sites (tertiary alicyclic amines) is 2. The fourth-order valence-electron chi connectivity index (χ4n) is 6.28. The van der Waals surface area contributed by atoms with Gasteiger partial charge in [-0.05, 0) is 43.9 Å². The maximum Gasteiger partial charge on any atom is 0.317 e. The van der Waals surface area contributed by atoms with Gasteiger partial charge in [0, 0.05) is 25.2 Å². The maximum absolute atomic E-state index is 12.7. The molecule has 5 aliphatic rings. The highest BCUT2D eigenvalue weighted by molar-refractivity contribution is 6.08. The summed E-state index contributed by atoms with van der Waals surface area (Å²) >= 11 is 0. The predicted molar refractivity (Wildman–Crippen MR) is 113 cm³/mol. The van der Waals surface area contributed by atoms with Crippen LogP contribution in [0.15, 0.2) is 12.2 Å². The number of fused-ring (bicyclic) bond motifs is 5. The molecule has 2 saturated heterocycles. The summed E-state index contributed by atoms with van der Waals surface area (Å²) < 4.78 is 0. The molecule has 4 unspecified atom stereocenters. The molecule has 0 aromatic heterocycles. The Morgan fingerprint density at radius 2 is 1.42 bits per heavy atom. The number of rotatable bonds is 4. The Balaban J connectivity index is 1.07. The molecule has 2 aliphatic heterocycles. The first-order valence-corrected chi connectivity index (χ1v) is 11.9. The molecule has 0 spiro atoms. The molecule has 8 nitrogen and oxygen atoms in total. The highest BCUT2D eigenvalue weighted by Gasteiger charge is 2.59. The second-order valence-corrected chi connectivity index (χ2v) is 9.88. The van der Waals surface area contributed by atoms with E-state index < -0.39 is 0 Å². The highest BCUT2D eigenvalue weighted by Crippen LogP contribution is 2.52. The summed E-state index contributed by atoms with van der Waals surface area (Å²) in [5.41, 5.74) is 0. The van der Waals surface area contributed by atoms with Crippen LogP contribution in [-0.2, 0) is 14.4 Å². The molecule has 3 aliphatic carbocycles. The molecule has 0 aromatic carbocycles. The highest BCUT2D eigenvalue weighted by atomic mass is 16.2. The SMILES string of the molecule is O=C(CN1C(=O)C2C3C=CC(C3)C2C1=O)NC1CCN(C(=O)NC2CCCCC2)CC1. The fraction of sp³-hybridized carbons (Fsp3) is 0.739. The van der Waals surface area contributed by atoms with Crippen LogP contribution in [0.5, 0.6) is 0 Å². The van der Waals surface area contributed by atoms with Crippen molar-refractivity contribution in [3.63, 3.8) is 0 Å². The van der Waals surface area contributed by atoms with Crippen LogP contribution in [0.4, 0.5) is 4.79 Å². The van der Waals surface area contributed by atoms with Gasteiger partial charge in [0.05, 0.1) is 11.8 Å². The predicted octanol–water partition coefficient (Wildman–Crippen LogP) is 1.42. The van der Waals surface area contributed by atoms with Crippen LogP contribution in [0.3, 0.4) is 0 Å². The first-order chi connectivity index (χ1) is 15.0. The number of carbonyl (C=O) groups is 4. The van der Waals surface area contributed by atoms with Crippen molar-refractivity contribution in [1.29, 1.82) is 0 Å². The van der Waals surface area contributed by atoms with Crippen LogP contribution in [0, 0.1) is 23.7 Å². The second kappa shape index (κ2) is 8.28. The molecule has 2 saturated carbocycles. The molecule has 31 heavy (non-hydrogen) atoms. The molecule has 5 amide bonds. The van der Waals surface area contributed by atoms with Gasteiger partial charge in [-0.2, -0.15) is 0 Å². The normalized spacial score (nSPS) is 33.2. The molecule has 8 heteroatoms. The molecule has 4 fully saturated rings. The minimum absolute atomic E-state index is 0.000262. The number of piperidine rings is 1. The van der Waals surface area contributed by atoms with E-state index in [0.717, 1.165) is 19.3 Å². The summed E-state index contributed by atoms with van der Waals surface area (Å²) in [4.78, 5) is 53.5. The lowest BCUT2D eigenvalue weighted by Gasteiger charge is -2.34. The average molecular weight is 429 g/mol. The van der Waals surface area contributed by atoms with Crippen molar-refractivity contribution in [2.75, 3.05) is 19.6 Å². The zero-order valence-corrected chi connectivity index (χ0v) is 17.9. The number of urea groups is 1. The zero-order chi connectivity index (χ0) is 21.5. The molecule has 2 heterocycles. The number of nitrogens with one attached hydrogen (secondary N) is 2. The number of carbonyl (C=O) groups excluding carboxylic acids is 4. The smallest absolute Gasteiger partial charge is 0.317 e. The van der Waals surface area contributed by atoms with E-state index in [1.54, 1.807) is 0 Å². The number of allylic oxidation sites excluding steroid dienone is 2. The molecular weight excluding hydrogens is 396 g/mol. The molecule has 0 aromatic rings. The van der Waals surface area contributed by atoms with Gasteiger partial charge in [0.15, 0.2) is 0 Å². The number of imide groups is 1. The van der Waals surface area contributed by atoms with Gasteiger partial charge in [0.1, 0.15) is 6.54 Å². The Bertz CT molecular complexity index is 767. The van der Waals surface area contributed by atoms with E-state index in [1.165, 1.54) is 24.2 Å². The fourth-order valence-corrected chi connectivity index (χ4v) is 6.28. The van der Waals surface area contributed by atoms with Crippen LogP contribution in [0.1, 0.15) is 51.4 Å². The monoisotopic (exact) mass is 428 g/mol. The van der Waals surface area contributed by atoms with Gasteiger partial charge in [-0.3, -0.25) is 19.3 Å². The van der Waals surface area contributed by atoms with E-state index in [0.29, 0.717) is 32.0 Å². The molecule has 2 bridgehead atoms. The standard InChI is InChI=1S/C23H32N4O4/c28-18(13-27-21(29)19-14-6-7-15(12-14)20(19)22(27)30)24-17-8-10-26(11-9-17)23(31)25-16-4-2-1-3-5-16/h6-7,14-17,19-20H,1-5,8-13H2,(H,24,28)(H,25,31). The molecule has 2 N–H and O–H groups in total. The van der Waals surface area contributed by atoms with Gasteiger partial charge in [-0.15, -0.1) is 0 Å². The van der Waals surface area contributed by atoms with Crippen LogP contribution >= 0.6 is 0 Å². The summed E-state index contributed by atoms with van der Waals surface area (Å²) in [6, 6.07) is 0.259. The van der Waals surface area contributed by atoms with E-state index >= 15 is 0 Å². The zero-order valence-electron chi connectivity index (χ0n) is 17.9. The average Bonchev–Trinajstić information content (AvgIpc) is 3.45. The van der Waals surface area contributed by atoms with Gasteiger partial charge < -0.3 is 15.5 Å². The Morgan fingerprint density at radius 1 is 0.839 bits per heavy atom. The van der Waals surface area contributed by atoms with Crippen molar-refractivity contribution in [3.8, 4) is 0 Å². The van der Waals surface area contributed by atoms with Crippen LogP contribution in [-0.4, -0.2) is 65.3 Å². The van der Waals surface area contributed by atoms with E-state index in [1.807, 2.05) is 4.90 Å². The number of hydrogen-bond donors (Lipinski definition) is 2. The number of hydrogen-bond acceptors (Lipinski definition) is 4. The van der Waals surface area contributed by atoms with Crippen molar-refractivity contribution in [1.82, 2.24) is 20.4 Å². The molecule has 4 atom stereocenters. The van der Waals surface area contributed by atoms with Crippen molar-refractivity contribution in [3.05, 3.63) is 12.2 Å². The van der Waals surface area contributed by atoms with Crippen molar-refractivity contribution >= 4 is 23.8 Å². The third kappa shape index (κ3) is 3.85. The lowest BCUT2D eigenvalue weighted by atomic mass is 9.85. The van der Waals surface area contributed by atoms with E-state index in [4.69, 9.17) is 0 Å². The largest absolute Gasteiger partial charge is 0.352 e. The van der Waals surface area contributed by atoms with E-state index in [9.17, 15) is 19.2 Å². The Labute approximate surface area is 182 Å². The molecule has 168 valence electrons. The quantitative estimate of drug-likeness (QED) is 0.523. The summed E-state index contributed by atoms with van der Waals surface area (Å²) in [6.45, 7) is 1.01. The van der Waals surface area contributed by atoms with Gasteiger partial charge >= 0.3 is 6.03 Å². The minimum atomic E-state index is -0.285. The van der Waals surface area contributed by atoms with Crippen molar-refractivity contribution < 1.29 is 19.2 Å². The van der Waals surface area contributed by atoms with Gasteiger partial charge in [0.2, 0.25) is 17.7 Å². The van der Waals surface area contributed by atoms with Gasteiger partial charge in [-0.1, -0.05) is 31.4 Å². The second-order valence-electron chi connectivity index (χ2n) is 9.88. The summed E-state index contributed by atoms with van der Waals surface area (Å²) in [5.74, 6) is -0.867. The molecule has 5 rings (SSSR count). The number of amides is 5. The first-order valence-electron chi connectivity index (χ1n) is 11.9.